The fourth-order valence-corrected chi connectivity index (χ4v) is 1.09. The third-order valence-electron chi connectivity index (χ3n) is 1.35. The summed E-state index contributed by atoms with van der Waals surface area (Å²) in [6.45, 7) is 0. The Morgan fingerprint density at radius 1 is 1.50 bits per heavy atom. The van der Waals surface area contributed by atoms with Crippen molar-refractivity contribution in [1.29, 1.82) is 0 Å². The van der Waals surface area contributed by atoms with Gasteiger partial charge in [-0.25, -0.2) is 4.39 Å². The molecule has 64 valence electrons. The maximum absolute atomic E-state index is 12.9. The van der Waals surface area contributed by atoms with Gasteiger partial charge in [0.1, 0.15) is 5.82 Å². The average Bonchev–Trinajstić information content (AvgIpc) is 2.03. The Bertz CT molecular complexity index is 312. The smallest absolute Gasteiger partial charge is 0.180 e. The second-order valence-corrected chi connectivity index (χ2v) is 2.88. The molecule has 0 saturated heterocycles. The summed E-state index contributed by atoms with van der Waals surface area (Å²) in [4.78, 5) is 10.9. The van der Waals surface area contributed by atoms with E-state index in [4.69, 9.17) is 23.2 Å². The summed E-state index contributed by atoms with van der Waals surface area (Å²) in [7, 11) is 0. The highest BCUT2D eigenvalue weighted by Gasteiger charge is 2.09. The lowest BCUT2D eigenvalue weighted by Crippen LogP contribution is -2.02. The largest absolute Gasteiger partial charge is 0.293 e. The van der Waals surface area contributed by atoms with Crippen LogP contribution in [0.3, 0.4) is 0 Å². The number of carbonyl (C=O) groups is 1. The van der Waals surface area contributed by atoms with Crippen molar-refractivity contribution < 1.29 is 9.18 Å². The zero-order valence-electron chi connectivity index (χ0n) is 5.98. The molecule has 0 amide bonds. The molecule has 0 N–H and O–H groups in total. The van der Waals surface area contributed by atoms with Crippen LogP contribution in [0.25, 0.3) is 0 Å². The summed E-state index contributed by atoms with van der Waals surface area (Å²) in [6, 6.07) is 3.86. The zero-order valence-corrected chi connectivity index (χ0v) is 7.49. The minimum absolute atomic E-state index is 0.0191. The van der Waals surface area contributed by atoms with Gasteiger partial charge in [0.2, 0.25) is 0 Å². The molecule has 0 fully saturated rings. The second kappa shape index (κ2) is 3.87. The first-order valence-corrected chi connectivity index (χ1v) is 4.10. The minimum Gasteiger partial charge on any atom is -0.293 e. The van der Waals surface area contributed by atoms with Gasteiger partial charge in [-0.3, -0.25) is 4.79 Å². The van der Waals surface area contributed by atoms with Crippen LogP contribution >= 0.6 is 23.2 Å². The number of ketones is 1. The van der Waals surface area contributed by atoms with Crippen molar-refractivity contribution in [2.45, 2.75) is 0 Å². The molecule has 0 atom stereocenters. The fourth-order valence-electron chi connectivity index (χ4n) is 0.788. The topological polar surface area (TPSA) is 17.1 Å². The summed E-state index contributed by atoms with van der Waals surface area (Å²) in [6.07, 6.45) is 0. The van der Waals surface area contributed by atoms with Gasteiger partial charge < -0.3 is 0 Å². The van der Waals surface area contributed by atoms with Gasteiger partial charge in [0.05, 0.1) is 11.4 Å². The van der Waals surface area contributed by atoms with Crippen LogP contribution in [0.1, 0.15) is 10.4 Å². The van der Waals surface area contributed by atoms with Crippen molar-refractivity contribution in [3.63, 3.8) is 0 Å². The molecule has 4 heteroatoms. The van der Waals surface area contributed by atoms with Crippen molar-refractivity contribution in [2.24, 2.45) is 0 Å². The molecule has 0 aliphatic heterocycles. The molecule has 0 aromatic heterocycles. The van der Waals surface area contributed by atoms with Crippen LogP contribution in [0.15, 0.2) is 18.2 Å². The highest BCUT2D eigenvalue weighted by molar-refractivity contribution is 6.31. The Balaban J connectivity index is 3.09. The predicted octanol–water partition coefficient (Wildman–Crippen LogP) is 2.90. The molecule has 0 bridgehead atoms. The molecule has 0 unspecified atom stereocenters. The third-order valence-corrected chi connectivity index (χ3v) is 1.83. The van der Waals surface area contributed by atoms with E-state index in [0.717, 1.165) is 6.07 Å². The fraction of sp³-hybridized carbons (Fsp3) is 0.125. The van der Waals surface area contributed by atoms with Gasteiger partial charge in [0, 0.05) is 5.02 Å². The van der Waals surface area contributed by atoms with Crippen LogP contribution in [-0.2, 0) is 0 Å². The van der Waals surface area contributed by atoms with Crippen LogP contribution in [0.2, 0.25) is 5.02 Å². The normalized spacial score (nSPS) is 9.92. The van der Waals surface area contributed by atoms with Crippen LogP contribution in [0, 0.1) is 5.82 Å². The number of carbonyl (C=O) groups excluding carboxylic acids is 1. The molecule has 0 saturated carbocycles. The van der Waals surface area contributed by atoms with Crippen molar-refractivity contribution in [3.8, 4) is 0 Å². The molecular weight excluding hydrogens is 202 g/mol. The predicted molar refractivity (Wildman–Crippen MR) is 46.5 cm³/mol. The summed E-state index contributed by atoms with van der Waals surface area (Å²) in [5, 5.41) is 0.263. The molecule has 0 heterocycles. The second-order valence-electron chi connectivity index (χ2n) is 2.18. The summed E-state index contributed by atoms with van der Waals surface area (Å²) >= 11 is 10.7. The number of Topliss-reactive ketones (excluding diaryl/α,β-unsaturated/α-hetero) is 1. The van der Waals surface area contributed by atoms with Crippen molar-refractivity contribution in [3.05, 3.63) is 34.6 Å². The standard InChI is InChI=1S/C8H5Cl2FO/c9-4-8(12)6-2-1-5(10)3-7(6)11/h1-3H,4H2. The highest BCUT2D eigenvalue weighted by Crippen LogP contribution is 2.15. The van der Waals surface area contributed by atoms with E-state index in [1.165, 1.54) is 12.1 Å². The monoisotopic (exact) mass is 206 g/mol. The number of benzene rings is 1. The zero-order chi connectivity index (χ0) is 9.14. The molecule has 0 radical (unpaired) electrons. The molecule has 0 aliphatic carbocycles. The Kier molecular flexibility index (Phi) is 3.06. The average molecular weight is 207 g/mol. The minimum atomic E-state index is -0.631. The Morgan fingerprint density at radius 3 is 2.67 bits per heavy atom. The quantitative estimate of drug-likeness (QED) is 0.538. The number of hydrogen-bond donors (Lipinski definition) is 0. The number of rotatable bonds is 2. The number of hydrogen-bond acceptors (Lipinski definition) is 1. The van der Waals surface area contributed by atoms with Gasteiger partial charge in [-0.2, -0.15) is 0 Å². The molecule has 1 rings (SSSR count). The molecule has 1 nitrogen and oxygen atoms in total. The maximum atomic E-state index is 12.9. The highest BCUT2D eigenvalue weighted by atomic mass is 35.5. The first-order chi connectivity index (χ1) is 5.65. The summed E-state index contributed by atoms with van der Waals surface area (Å²) in [5.74, 6) is -1.29. The van der Waals surface area contributed by atoms with Crippen LogP contribution < -0.4 is 0 Å². The Labute approximate surface area is 79.1 Å². The van der Waals surface area contributed by atoms with Gasteiger partial charge in [0.25, 0.3) is 0 Å². The van der Waals surface area contributed by atoms with E-state index in [0.29, 0.717) is 0 Å². The van der Waals surface area contributed by atoms with E-state index in [2.05, 4.69) is 0 Å². The first-order valence-electron chi connectivity index (χ1n) is 3.19. The summed E-state index contributed by atoms with van der Waals surface area (Å²) in [5.41, 5.74) is -0.0191. The molecule has 1 aromatic carbocycles. The van der Waals surface area contributed by atoms with Gasteiger partial charge in [-0.05, 0) is 18.2 Å². The number of alkyl halides is 1. The van der Waals surface area contributed by atoms with E-state index in [1.807, 2.05) is 0 Å². The van der Waals surface area contributed by atoms with Crippen LogP contribution in [0.5, 0.6) is 0 Å². The maximum Gasteiger partial charge on any atom is 0.180 e. The Hall–Kier alpha value is -0.600. The van der Waals surface area contributed by atoms with E-state index in [-0.39, 0.29) is 16.5 Å². The van der Waals surface area contributed by atoms with Gasteiger partial charge in [-0.1, -0.05) is 11.6 Å². The first kappa shape index (κ1) is 9.49. The van der Waals surface area contributed by atoms with Crippen LogP contribution in [-0.4, -0.2) is 11.7 Å². The number of halogens is 3. The SMILES string of the molecule is O=C(CCl)c1ccc(Cl)cc1F. The van der Waals surface area contributed by atoms with E-state index in [1.54, 1.807) is 0 Å². The third kappa shape index (κ3) is 1.96. The Morgan fingerprint density at radius 2 is 2.17 bits per heavy atom. The van der Waals surface area contributed by atoms with Crippen molar-refractivity contribution >= 4 is 29.0 Å². The van der Waals surface area contributed by atoms with E-state index < -0.39 is 11.6 Å². The summed E-state index contributed by atoms with van der Waals surface area (Å²) < 4.78 is 12.9. The van der Waals surface area contributed by atoms with Crippen molar-refractivity contribution in [2.75, 3.05) is 5.88 Å². The van der Waals surface area contributed by atoms with Gasteiger partial charge in [-0.15, -0.1) is 11.6 Å². The lowest BCUT2D eigenvalue weighted by molar-refractivity contribution is 0.101. The molecule has 0 aliphatic rings. The molecule has 1 aromatic rings. The van der Waals surface area contributed by atoms with E-state index in [9.17, 15) is 9.18 Å². The lowest BCUT2D eigenvalue weighted by atomic mass is 10.1. The van der Waals surface area contributed by atoms with Crippen LogP contribution in [0.4, 0.5) is 4.39 Å². The van der Waals surface area contributed by atoms with E-state index >= 15 is 0 Å². The lowest BCUT2D eigenvalue weighted by Gasteiger charge is -1.98. The van der Waals surface area contributed by atoms with Crippen molar-refractivity contribution in [1.82, 2.24) is 0 Å². The molecule has 12 heavy (non-hydrogen) atoms. The molecule has 0 spiro atoms. The molecular formula is C8H5Cl2FO. The van der Waals surface area contributed by atoms with Gasteiger partial charge in [0.15, 0.2) is 5.78 Å². The van der Waals surface area contributed by atoms with Gasteiger partial charge >= 0.3 is 0 Å².